The molecule has 5 rings (SSSR count). The van der Waals surface area contributed by atoms with E-state index in [4.69, 9.17) is 4.52 Å². The van der Waals surface area contributed by atoms with Crippen LogP contribution in [0.3, 0.4) is 0 Å². The van der Waals surface area contributed by atoms with Gasteiger partial charge in [0.05, 0.1) is 17.8 Å². The minimum Gasteiger partial charge on any atom is -0.337 e. The smallest absolute Gasteiger partial charge is 0.337 e. The van der Waals surface area contributed by atoms with Crippen LogP contribution in [0.1, 0.15) is 34.8 Å². The minimum atomic E-state index is -4.45. The summed E-state index contributed by atoms with van der Waals surface area (Å²) in [6.45, 7) is 4.04. The molecule has 1 saturated heterocycles. The molecule has 1 aliphatic heterocycles. The van der Waals surface area contributed by atoms with Gasteiger partial charge in [-0.3, -0.25) is 14.4 Å². The first-order valence-electron chi connectivity index (χ1n) is 11.4. The Morgan fingerprint density at radius 1 is 1.08 bits per heavy atom. The van der Waals surface area contributed by atoms with Crippen molar-refractivity contribution in [3.8, 4) is 17.2 Å². The predicted molar refractivity (Wildman–Crippen MR) is 123 cm³/mol. The first-order chi connectivity index (χ1) is 17.2. The van der Waals surface area contributed by atoms with Crippen LogP contribution >= 0.6 is 0 Å². The number of carbonyl (C=O) groups is 1. The third-order valence-corrected chi connectivity index (χ3v) is 6.38. The number of rotatable bonds is 5. The Balaban J connectivity index is 1.25. The molecule has 1 fully saturated rings. The molecule has 188 valence electrons. The average molecular weight is 499 g/mol. The molecule has 0 spiro atoms. The molecule has 4 heterocycles. The Morgan fingerprint density at radius 2 is 1.81 bits per heavy atom. The second-order valence-corrected chi connectivity index (χ2v) is 8.63. The van der Waals surface area contributed by atoms with Gasteiger partial charge in [-0.2, -0.15) is 23.3 Å². The van der Waals surface area contributed by atoms with Gasteiger partial charge in [0.1, 0.15) is 11.4 Å². The largest absolute Gasteiger partial charge is 0.416 e. The zero-order valence-electron chi connectivity index (χ0n) is 19.7. The zero-order chi connectivity index (χ0) is 25.4. The van der Waals surface area contributed by atoms with Crippen LogP contribution in [0.5, 0.6) is 0 Å². The lowest BCUT2D eigenvalue weighted by Crippen LogP contribution is -2.49. The molecule has 0 radical (unpaired) electrons. The third-order valence-electron chi connectivity index (χ3n) is 6.38. The zero-order valence-corrected chi connectivity index (χ0v) is 19.7. The lowest BCUT2D eigenvalue weighted by atomic mass is 10.1. The van der Waals surface area contributed by atoms with Gasteiger partial charge in [-0.15, -0.1) is 0 Å². The van der Waals surface area contributed by atoms with Crippen LogP contribution < -0.4 is 0 Å². The molecule has 4 aromatic rings. The fourth-order valence-electron chi connectivity index (χ4n) is 4.36. The van der Waals surface area contributed by atoms with Gasteiger partial charge in [0.25, 0.3) is 5.91 Å². The Labute approximate surface area is 204 Å². The van der Waals surface area contributed by atoms with Crippen molar-refractivity contribution in [3.05, 3.63) is 72.0 Å². The fraction of sp³-hybridized carbons (Fsp3) is 0.333. The first kappa shape index (κ1) is 23.8. The number of aryl methyl sites for hydroxylation is 1. The molecule has 3 aromatic heterocycles. The van der Waals surface area contributed by atoms with Gasteiger partial charge in [-0.25, -0.2) is 0 Å². The van der Waals surface area contributed by atoms with Crippen molar-refractivity contribution < 1.29 is 22.5 Å². The van der Waals surface area contributed by atoms with Crippen LogP contribution in [0, 0.1) is 0 Å². The fourth-order valence-corrected chi connectivity index (χ4v) is 4.36. The topological polar surface area (TPSA) is 85.2 Å². The number of halogens is 3. The van der Waals surface area contributed by atoms with Crippen LogP contribution in [0.2, 0.25) is 0 Å². The standard InChI is InChI=1S/C24H24F3N7O2/c1-16(21-29-20(30-36-21)17-6-5-7-18(14-17)24(25,26)27)32-10-12-34(13-11-32)23(35)19-15-28-31(2)22(19)33-8-3-4-9-33/h3-9,14-16H,10-13H2,1-2H3. The van der Waals surface area contributed by atoms with E-state index in [2.05, 4.69) is 20.1 Å². The van der Waals surface area contributed by atoms with E-state index in [0.717, 1.165) is 12.1 Å². The number of benzene rings is 1. The molecule has 1 amide bonds. The van der Waals surface area contributed by atoms with Gasteiger partial charge < -0.3 is 14.0 Å². The quantitative estimate of drug-likeness (QED) is 0.415. The van der Waals surface area contributed by atoms with Crippen LogP contribution in [0.4, 0.5) is 13.2 Å². The van der Waals surface area contributed by atoms with E-state index in [1.54, 1.807) is 22.8 Å². The lowest BCUT2D eigenvalue weighted by Gasteiger charge is -2.36. The Kier molecular flexibility index (Phi) is 6.12. The van der Waals surface area contributed by atoms with Crippen molar-refractivity contribution in [2.24, 2.45) is 7.05 Å². The van der Waals surface area contributed by atoms with E-state index in [-0.39, 0.29) is 23.3 Å². The number of alkyl halides is 3. The molecular weight excluding hydrogens is 475 g/mol. The summed E-state index contributed by atoms with van der Waals surface area (Å²) in [4.78, 5) is 21.5. The lowest BCUT2D eigenvalue weighted by molar-refractivity contribution is -0.137. The summed E-state index contributed by atoms with van der Waals surface area (Å²) >= 11 is 0. The molecule has 0 aliphatic carbocycles. The highest BCUT2D eigenvalue weighted by molar-refractivity contribution is 5.97. The molecule has 9 nitrogen and oxygen atoms in total. The molecule has 0 saturated carbocycles. The molecule has 1 atom stereocenters. The molecular formula is C24H24F3N7O2. The first-order valence-corrected chi connectivity index (χ1v) is 11.4. The summed E-state index contributed by atoms with van der Waals surface area (Å²) in [7, 11) is 1.80. The number of amides is 1. The molecule has 1 aromatic carbocycles. The summed E-state index contributed by atoms with van der Waals surface area (Å²) in [5, 5.41) is 8.15. The van der Waals surface area contributed by atoms with Crippen molar-refractivity contribution in [3.63, 3.8) is 0 Å². The van der Waals surface area contributed by atoms with Crippen LogP contribution in [-0.2, 0) is 13.2 Å². The summed E-state index contributed by atoms with van der Waals surface area (Å²) < 4.78 is 48.1. The second-order valence-electron chi connectivity index (χ2n) is 8.63. The monoisotopic (exact) mass is 499 g/mol. The van der Waals surface area contributed by atoms with E-state index < -0.39 is 11.7 Å². The van der Waals surface area contributed by atoms with Crippen molar-refractivity contribution in [1.82, 2.24) is 34.3 Å². The maximum atomic E-state index is 13.3. The number of hydrogen-bond donors (Lipinski definition) is 0. The Hall–Kier alpha value is -3.93. The highest BCUT2D eigenvalue weighted by atomic mass is 19.4. The summed E-state index contributed by atoms with van der Waals surface area (Å²) in [6, 6.07) is 8.35. The van der Waals surface area contributed by atoms with Crippen LogP contribution in [0.15, 0.2) is 59.5 Å². The van der Waals surface area contributed by atoms with Crippen LogP contribution in [0.25, 0.3) is 17.2 Å². The maximum absolute atomic E-state index is 13.3. The average Bonchev–Trinajstić information content (AvgIpc) is 3.64. The predicted octanol–water partition coefficient (Wildman–Crippen LogP) is 3.80. The second kappa shape index (κ2) is 9.26. The number of hydrogen-bond acceptors (Lipinski definition) is 6. The highest BCUT2D eigenvalue weighted by Crippen LogP contribution is 2.32. The normalized spacial score (nSPS) is 15.9. The molecule has 36 heavy (non-hydrogen) atoms. The molecule has 1 aliphatic rings. The molecule has 0 bridgehead atoms. The van der Waals surface area contributed by atoms with Gasteiger partial charge in [-0.05, 0) is 31.2 Å². The summed E-state index contributed by atoms with van der Waals surface area (Å²) in [5.41, 5.74) is -0.0102. The van der Waals surface area contributed by atoms with Crippen molar-refractivity contribution in [1.29, 1.82) is 0 Å². The Morgan fingerprint density at radius 3 is 2.50 bits per heavy atom. The third kappa shape index (κ3) is 4.51. The molecule has 0 N–H and O–H groups in total. The highest BCUT2D eigenvalue weighted by Gasteiger charge is 2.32. The number of nitrogens with zero attached hydrogens (tertiary/aromatic N) is 7. The van der Waals surface area contributed by atoms with Crippen molar-refractivity contribution >= 4 is 5.91 Å². The number of aromatic nitrogens is 5. The van der Waals surface area contributed by atoms with Crippen molar-refractivity contribution in [2.75, 3.05) is 26.2 Å². The van der Waals surface area contributed by atoms with Gasteiger partial charge in [0.15, 0.2) is 0 Å². The maximum Gasteiger partial charge on any atom is 0.416 e. The van der Waals surface area contributed by atoms with E-state index in [1.165, 1.54) is 12.1 Å². The van der Waals surface area contributed by atoms with E-state index in [1.807, 2.05) is 36.0 Å². The van der Waals surface area contributed by atoms with Crippen LogP contribution in [-0.4, -0.2) is 66.4 Å². The molecule has 1 unspecified atom stereocenters. The van der Waals surface area contributed by atoms with Gasteiger partial charge >= 0.3 is 6.18 Å². The SMILES string of the molecule is CC(c1nc(-c2cccc(C(F)(F)F)c2)no1)N1CCN(C(=O)c2cnn(C)c2-n2cccc2)CC1. The van der Waals surface area contributed by atoms with Gasteiger partial charge in [0, 0.05) is 51.2 Å². The van der Waals surface area contributed by atoms with E-state index >= 15 is 0 Å². The molecule has 12 heteroatoms. The van der Waals surface area contributed by atoms with Gasteiger partial charge in [-0.1, -0.05) is 17.3 Å². The summed E-state index contributed by atoms with van der Waals surface area (Å²) in [5.74, 6) is 1.02. The van der Waals surface area contributed by atoms with E-state index in [9.17, 15) is 18.0 Å². The minimum absolute atomic E-state index is 0.0938. The van der Waals surface area contributed by atoms with E-state index in [0.29, 0.717) is 43.5 Å². The number of piperazine rings is 1. The number of carbonyl (C=O) groups excluding carboxylic acids is 1. The van der Waals surface area contributed by atoms with Gasteiger partial charge in [0.2, 0.25) is 11.7 Å². The van der Waals surface area contributed by atoms with Crippen molar-refractivity contribution in [2.45, 2.75) is 19.1 Å². The Bertz CT molecular complexity index is 1350. The summed E-state index contributed by atoms with van der Waals surface area (Å²) in [6.07, 6.45) is 0.864.